The number of anilines is 1. The van der Waals surface area contributed by atoms with Crippen molar-refractivity contribution >= 4 is 17.3 Å². The van der Waals surface area contributed by atoms with Crippen LogP contribution in [0.1, 0.15) is 30.1 Å². The van der Waals surface area contributed by atoms with Crippen molar-refractivity contribution in [3.63, 3.8) is 0 Å². The molecule has 1 heterocycles. The van der Waals surface area contributed by atoms with E-state index < -0.39 is 4.92 Å². The third kappa shape index (κ3) is 3.19. The van der Waals surface area contributed by atoms with Gasteiger partial charge in [-0.3, -0.25) is 14.9 Å². The molecule has 0 spiro atoms. The highest BCUT2D eigenvalue weighted by molar-refractivity contribution is 5.95. The van der Waals surface area contributed by atoms with E-state index in [1.54, 1.807) is 19.2 Å². The summed E-state index contributed by atoms with van der Waals surface area (Å²) in [4.78, 5) is 26.8. The smallest absolute Gasteiger partial charge is 0.293 e. The number of hydrogen-bond acceptors (Lipinski definition) is 5. The molecule has 7 heteroatoms. The molecule has 1 saturated heterocycles. The molecule has 1 atom stereocenters. The fourth-order valence-electron chi connectivity index (χ4n) is 2.59. The molecule has 1 amide bonds. The lowest BCUT2D eigenvalue weighted by atomic mass is 10.1. The zero-order chi connectivity index (χ0) is 16.3. The Morgan fingerprint density at radius 2 is 2.09 bits per heavy atom. The Hall–Kier alpha value is -2.15. The molecular formula is C15H22N4O3. The van der Waals surface area contributed by atoms with E-state index in [0.29, 0.717) is 17.8 Å². The highest BCUT2D eigenvalue weighted by atomic mass is 16.6. The number of hydrogen-bond donors (Lipinski definition) is 1. The lowest BCUT2D eigenvalue weighted by Crippen LogP contribution is -2.39. The SMILES string of the molecule is CC(CN)N(C)C(=O)c1ccc(N2CCCC2)c([N+](=O)[O-])c1. The van der Waals surface area contributed by atoms with Crippen molar-refractivity contribution in [2.75, 3.05) is 31.6 Å². The number of likely N-dealkylation sites (N-methyl/N-ethyl adjacent to an activating group) is 1. The topological polar surface area (TPSA) is 92.7 Å². The summed E-state index contributed by atoms with van der Waals surface area (Å²) >= 11 is 0. The van der Waals surface area contributed by atoms with Gasteiger partial charge in [0.1, 0.15) is 5.69 Å². The number of nitro benzene ring substituents is 1. The van der Waals surface area contributed by atoms with Gasteiger partial charge >= 0.3 is 0 Å². The van der Waals surface area contributed by atoms with E-state index in [0.717, 1.165) is 25.9 Å². The maximum Gasteiger partial charge on any atom is 0.293 e. The van der Waals surface area contributed by atoms with E-state index in [2.05, 4.69) is 0 Å². The highest BCUT2D eigenvalue weighted by Gasteiger charge is 2.25. The third-order valence-electron chi connectivity index (χ3n) is 4.19. The average molecular weight is 306 g/mol. The molecule has 1 fully saturated rings. The van der Waals surface area contributed by atoms with Crippen LogP contribution >= 0.6 is 0 Å². The number of carbonyl (C=O) groups is 1. The molecule has 2 N–H and O–H groups in total. The first kappa shape index (κ1) is 16.2. The minimum atomic E-state index is -0.420. The standard InChI is InChI=1S/C15H22N4O3/c1-11(10-16)17(2)15(20)12-5-6-13(14(9-12)19(21)22)18-7-3-4-8-18/h5-6,9,11H,3-4,7-8,10,16H2,1-2H3. The largest absolute Gasteiger partial charge is 0.366 e. The molecule has 1 aliphatic rings. The Kier molecular flexibility index (Phi) is 4.97. The number of benzene rings is 1. The number of nitrogens with zero attached hydrogens (tertiary/aromatic N) is 3. The van der Waals surface area contributed by atoms with Crippen LogP contribution in [0.2, 0.25) is 0 Å². The van der Waals surface area contributed by atoms with Gasteiger partial charge in [-0.15, -0.1) is 0 Å². The van der Waals surface area contributed by atoms with Crippen molar-refractivity contribution < 1.29 is 9.72 Å². The van der Waals surface area contributed by atoms with Crippen LogP contribution in [0.3, 0.4) is 0 Å². The Balaban J connectivity index is 2.33. The van der Waals surface area contributed by atoms with Gasteiger partial charge in [0, 0.05) is 44.4 Å². The molecule has 0 bridgehead atoms. The zero-order valence-corrected chi connectivity index (χ0v) is 13.0. The lowest BCUT2D eigenvalue weighted by molar-refractivity contribution is -0.384. The van der Waals surface area contributed by atoms with Crippen LogP contribution in [-0.2, 0) is 0 Å². The molecule has 120 valence electrons. The van der Waals surface area contributed by atoms with Crippen molar-refractivity contribution in [2.45, 2.75) is 25.8 Å². The molecule has 0 aromatic heterocycles. The van der Waals surface area contributed by atoms with Crippen LogP contribution in [0.4, 0.5) is 11.4 Å². The van der Waals surface area contributed by atoms with Crippen LogP contribution in [0.15, 0.2) is 18.2 Å². The van der Waals surface area contributed by atoms with Gasteiger partial charge in [-0.25, -0.2) is 0 Å². The maximum atomic E-state index is 12.4. The van der Waals surface area contributed by atoms with Gasteiger partial charge in [0.05, 0.1) is 4.92 Å². The van der Waals surface area contributed by atoms with Gasteiger partial charge in [-0.2, -0.15) is 0 Å². The summed E-state index contributed by atoms with van der Waals surface area (Å²) in [6.07, 6.45) is 2.07. The quantitative estimate of drug-likeness (QED) is 0.659. The first-order valence-corrected chi connectivity index (χ1v) is 7.46. The molecule has 22 heavy (non-hydrogen) atoms. The molecule has 0 saturated carbocycles. The number of nitrogens with two attached hydrogens (primary N) is 1. The number of carbonyl (C=O) groups excluding carboxylic acids is 1. The number of amides is 1. The summed E-state index contributed by atoms with van der Waals surface area (Å²) in [5, 5.41) is 11.3. The van der Waals surface area contributed by atoms with Crippen LogP contribution in [0.25, 0.3) is 0 Å². The fraction of sp³-hybridized carbons (Fsp3) is 0.533. The number of rotatable bonds is 5. The molecule has 1 aliphatic heterocycles. The third-order valence-corrected chi connectivity index (χ3v) is 4.19. The van der Waals surface area contributed by atoms with Crippen molar-refractivity contribution in [2.24, 2.45) is 5.73 Å². The molecule has 0 radical (unpaired) electrons. The van der Waals surface area contributed by atoms with Crippen molar-refractivity contribution in [1.29, 1.82) is 0 Å². The Bertz CT molecular complexity index is 570. The normalized spacial score (nSPS) is 15.7. The molecular weight excluding hydrogens is 284 g/mol. The van der Waals surface area contributed by atoms with Crippen molar-refractivity contribution in [1.82, 2.24) is 4.90 Å². The van der Waals surface area contributed by atoms with Gasteiger partial charge in [-0.1, -0.05) is 0 Å². The van der Waals surface area contributed by atoms with Crippen LogP contribution in [0, 0.1) is 10.1 Å². The zero-order valence-electron chi connectivity index (χ0n) is 13.0. The van der Waals surface area contributed by atoms with Gasteiger partial charge < -0.3 is 15.5 Å². The van der Waals surface area contributed by atoms with Gasteiger partial charge in [-0.05, 0) is 31.9 Å². The fourth-order valence-corrected chi connectivity index (χ4v) is 2.59. The summed E-state index contributed by atoms with van der Waals surface area (Å²) in [5.74, 6) is -0.256. The molecule has 1 aromatic rings. The Labute approximate surface area is 129 Å². The number of nitro groups is 1. The molecule has 1 aromatic carbocycles. The second-order valence-corrected chi connectivity index (χ2v) is 5.66. The molecule has 2 rings (SSSR count). The second-order valence-electron chi connectivity index (χ2n) is 5.66. The van der Waals surface area contributed by atoms with E-state index in [1.165, 1.54) is 11.0 Å². The molecule has 0 aliphatic carbocycles. The van der Waals surface area contributed by atoms with Crippen LogP contribution in [-0.4, -0.2) is 48.5 Å². The second kappa shape index (κ2) is 6.74. The van der Waals surface area contributed by atoms with E-state index in [9.17, 15) is 14.9 Å². The van der Waals surface area contributed by atoms with Gasteiger partial charge in [0.2, 0.25) is 0 Å². The predicted octanol–water partition coefficient (Wildman–Crippen LogP) is 1.61. The Morgan fingerprint density at radius 3 is 2.64 bits per heavy atom. The molecule has 7 nitrogen and oxygen atoms in total. The summed E-state index contributed by atoms with van der Waals surface area (Å²) in [6, 6.07) is 4.58. The van der Waals surface area contributed by atoms with E-state index >= 15 is 0 Å². The summed E-state index contributed by atoms with van der Waals surface area (Å²) < 4.78 is 0. The summed E-state index contributed by atoms with van der Waals surface area (Å²) in [5.41, 5.74) is 6.46. The van der Waals surface area contributed by atoms with Crippen molar-refractivity contribution in [3.05, 3.63) is 33.9 Å². The van der Waals surface area contributed by atoms with Crippen LogP contribution < -0.4 is 10.6 Å². The van der Waals surface area contributed by atoms with Gasteiger partial charge in [0.25, 0.3) is 11.6 Å². The minimum Gasteiger partial charge on any atom is -0.366 e. The summed E-state index contributed by atoms with van der Waals surface area (Å²) in [7, 11) is 1.65. The van der Waals surface area contributed by atoms with Crippen molar-refractivity contribution in [3.8, 4) is 0 Å². The first-order chi connectivity index (χ1) is 10.5. The lowest BCUT2D eigenvalue weighted by Gasteiger charge is -2.24. The monoisotopic (exact) mass is 306 g/mol. The van der Waals surface area contributed by atoms with Crippen LogP contribution in [0.5, 0.6) is 0 Å². The summed E-state index contributed by atoms with van der Waals surface area (Å²) in [6.45, 7) is 3.82. The maximum absolute atomic E-state index is 12.4. The van der Waals surface area contributed by atoms with E-state index in [1.807, 2.05) is 11.8 Å². The van der Waals surface area contributed by atoms with Gasteiger partial charge in [0.15, 0.2) is 0 Å². The average Bonchev–Trinajstić information content (AvgIpc) is 3.06. The van der Waals surface area contributed by atoms with E-state index in [4.69, 9.17) is 5.73 Å². The predicted molar refractivity (Wildman–Crippen MR) is 85.2 cm³/mol. The molecule has 1 unspecified atom stereocenters. The first-order valence-electron chi connectivity index (χ1n) is 7.46. The highest BCUT2D eigenvalue weighted by Crippen LogP contribution is 2.32. The Morgan fingerprint density at radius 1 is 1.45 bits per heavy atom. The minimum absolute atomic E-state index is 0.0125. The van der Waals surface area contributed by atoms with E-state index in [-0.39, 0.29) is 17.6 Å².